The van der Waals surface area contributed by atoms with Gasteiger partial charge in [0, 0.05) is 0 Å². The maximum atomic E-state index is 11.9. The molecular formula is C16H16O3S. The van der Waals surface area contributed by atoms with Crippen molar-refractivity contribution in [3.05, 3.63) is 71.8 Å². The van der Waals surface area contributed by atoms with E-state index in [9.17, 15) is 13.0 Å². The predicted molar refractivity (Wildman–Crippen MR) is 77.9 cm³/mol. The number of rotatable bonds is 4. The van der Waals surface area contributed by atoms with Crippen LogP contribution in [0.2, 0.25) is 0 Å². The van der Waals surface area contributed by atoms with Crippen molar-refractivity contribution < 1.29 is 13.0 Å². The summed E-state index contributed by atoms with van der Waals surface area (Å²) >= 11 is 0. The third-order valence-electron chi connectivity index (χ3n) is 4.10. The van der Waals surface area contributed by atoms with Crippen LogP contribution in [0.15, 0.2) is 60.7 Å². The molecule has 1 saturated carbocycles. The van der Waals surface area contributed by atoms with Gasteiger partial charge in [0.05, 0.1) is 0 Å². The molecule has 3 nitrogen and oxygen atoms in total. The Morgan fingerprint density at radius 1 is 1.00 bits per heavy atom. The maximum absolute atomic E-state index is 11.9. The Hall–Kier alpha value is -1.65. The minimum absolute atomic E-state index is 0.0673. The van der Waals surface area contributed by atoms with E-state index in [-0.39, 0.29) is 5.92 Å². The Labute approximate surface area is 119 Å². The third-order valence-corrected chi connectivity index (χ3v) is 5.75. The molecule has 0 radical (unpaired) electrons. The van der Waals surface area contributed by atoms with Crippen molar-refractivity contribution in [3.63, 3.8) is 0 Å². The number of hydrogen-bond acceptors (Lipinski definition) is 2. The molecular weight excluding hydrogens is 272 g/mol. The van der Waals surface area contributed by atoms with Crippen molar-refractivity contribution in [2.45, 2.75) is 17.6 Å². The Balaban J connectivity index is 1.93. The first-order valence-electron chi connectivity index (χ1n) is 6.60. The zero-order valence-corrected chi connectivity index (χ0v) is 11.8. The molecule has 0 aliphatic heterocycles. The first kappa shape index (κ1) is 13.3. The van der Waals surface area contributed by atoms with Gasteiger partial charge in [-0.25, -0.2) is 0 Å². The van der Waals surface area contributed by atoms with Crippen LogP contribution in [0.4, 0.5) is 0 Å². The van der Waals surface area contributed by atoms with Crippen LogP contribution < -0.4 is 0 Å². The number of hydrogen-bond donors (Lipinski definition) is 1. The van der Waals surface area contributed by atoms with Gasteiger partial charge in [-0.2, -0.15) is 8.42 Å². The average Bonchev–Trinajstić information content (AvgIpc) is 3.16. The Morgan fingerprint density at radius 3 is 2.10 bits per heavy atom. The van der Waals surface area contributed by atoms with Gasteiger partial charge in [-0.1, -0.05) is 60.7 Å². The average molecular weight is 288 g/mol. The van der Waals surface area contributed by atoms with Crippen molar-refractivity contribution in [2.24, 2.45) is 5.92 Å². The first-order chi connectivity index (χ1) is 9.54. The normalized spacial score (nSPS) is 25.4. The molecule has 20 heavy (non-hydrogen) atoms. The van der Waals surface area contributed by atoms with Crippen LogP contribution in [0.5, 0.6) is 0 Å². The van der Waals surface area contributed by atoms with E-state index < -0.39 is 14.9 Å². The molecule has 2 aromatic rings. The molecule has 1 fully saturated rings. The zero-order chi connectivity index (χ0) is 14.2. The molecule has 3 rings (SSSR count). The molecule has 1 N–H and O–H groups in total. The fraction of sp³-hybridized carbons (Fsp3) is 0.250. The fourth-order valence-corrected chi connectivity index (χ4v) is 4.33. The summed E-state index contributed by atoms with van der Waals surface area (Å²) in [5.41, 5.74) is 1.78. The van der Waals surface area contributed by atoms with Crippen molar-refractivity contribution >= 4 is 10.1 Å². The van der Waals surface area contributed by atoms with E-state index in [1.165, 1.54) is 0 Å². The quantitative estimate of drug-likeness (QED) is 0.880. The molecule has 1 aliphatic rings. The molecule has 0 saturated heterocycles. The summed E-state index contributed by atoms with van der Waals surface area (Å²) in [6.45, 7) is 0. The molecule has 1 aliphatic carbocycles. The Kier molecular flexibility index (Phi) is 3.15. The monoisotopic (exact) mass is 288 g/mol. The van der Waals surface area contributed by atoms with Crippen LogP contribution in [-0.2, 0) is 21.3 Å². The molecule has 0 amide bonds. The summed E-state index contributed by atoms with van der Waals surface area (Å²) in [5, 5.41) is 0. The second-order valence-corrected chi connectivity index (χ2v) is 7.00. The lowest BCUT2D eigenvalue weighted by Crippen LogP contribution is -2.23. The molecule has 4 heteroatoms. The van der Waals surface area contributed by atoms with Gasteiger partial charge in [-0.15, -0.1) is 0 Å². The van der Waals surface area contributed by atoms with Crippen molar-refractivity contribution in [1.82, 2.24) is 0 Å². The SMILES string of the molecule is O=S(=O)(O)C1(c2ccccc2)CC1Cc1ccccc1. The largest absolute Gasteiger partial charge is 0.285 e. The van der Waals surface area contributed by atoms with Crippen LogP contribution in [0.1, 0.15) is 17.5 Å². The molecule has 104 valence electrons. The Morgan fingerprint density at radius 2 is 1.55 bits per heavy atom. The number of benzene rings is 2. The van der Waals surface area contributed by atoms with Gasteiger partial charge in [0.2, 0.25) is 0 Å². The molecule has 0 aromatic heterocycles. The van der Waals surface area contributed by atoms with Gasteiger partial charge in [-0.05, 0) is 29.9 Å². The van der Waals surface area contributed by atoms with E-state index in [0.29, 0.717) is 18.4 Å². The summed E-state index contributed by atoms with van der Waals surface area (Å²) in [5.74, 6) is -0.0673. The lowest BCUT2D eigenvalue weighted by Gasteiger charge is -2.14. The van der Waals surface area contributed by atoms with Crippen molar-refractivity contribution in [2.75, 3.05) is 0 Å². The maximum Gasteiger partial charge on any atom is 0.275 e. The summed E-state index contributed by atoms with van der Waals surface area (Å²) < 4.78 is 32.3. The second-order valence-electron chi connectivity index (χ2n) is 5.32. The summed E-state index contributed by atoms with van der Waals surface area (Å²) in [4.78, 5) is 0. The summed E-state index contributed by atoms with van der Waals surface area (Å²) in [6.07, 6.45) is 1.14. The van der Waals surface area contributed by atoms with E-state index in [1.54, 1.807) is 24.3 Å². The van der Waals surface area contributed by atoms with Crippen LogP contribution in [-0.4, -0.2) is 13.0 Å². The van der Waals surface area contributed by atoms with E-state index in [0.717, 1.165) is 5.56 Å². The van der Waals surface area contributed by atoms with Gasteiger partial charge in [0.1, 0.15) is 4.75 Å². The van der Waals surface area contributed by atoms with Gasteiger partial charge in [-0.3, -0.25) is 4.55 Å². The lowest BCUT2D eigenvalue weighted by atomic mass is 10.0. The third kappa shape index (κ3) is 2.15. The van der Waals surface area contributed by atoms with E-state index in [2.05, 4.69) is 0 Å². The Bertz CT molecular complexity index is 695. The van der Waals surface area contributed by atoms with Gasteiger partial charge in [0.15, 0.2) is 0 Å². The van der Waals surface area contributed by atoms with Gasteiger partial charge >= 0.3 is 0 Å². The highest BCUT2D eigenvalue weighted by Crippen LogP contribution is 2.59. The van der Waals surface area contributed by atoms with Gasteiger partial charge < -0.3 is 0 Å². The van der Waals surface area contributed by atoms with Crippen LogP contribution in [0.25, 0.3) is 0 Å². The minimum atomic E-state index is -4.11. The lowest BCUT2D eigenvalue weighted by molar-refractivity contribution is 0.459. The smallest absolute Gasteiger partial charge is 0.275 e. The van der Waals surface area contributed by atoms with Crippen molar-refractivity contribution in [3.8, 4) is 0 Å². The minimum Gasteiger partial charge on any atom is -0.285 e. The van der Waals surface area contributed by atoms with Crippen molar-refractivity contribution in [1.29, 1.82) is 0 Å². The summed E-state index contributed by atoms with van der Waals surface area (Å²) in [7, 11) is -4.11. The fourth-order valence-electron chi connectivity index (χ4n) is 2.98. The zero-order valence-electron chi connectivity index (χ0n) is 10.9. The topological polar surface area (TPSA) is 54.4 Å². The van der Waals surface area contributed by atoms with E-state index >= 15 is 0 Å². The highest BCUT2D eigenvalue weighted by molar-refractivity contribution is 7.87. The molecule has 2 unspecified atom stereocenters. The first-order valence-corrected chi connectivity index (χ1v) is 8.04. The van der Waals surface area contributed by atoms with E-state index in [4.69, 9.17) is 0 Å². The summed E-state index contributed by atoms with van der Waals surface area (Å²) in [6, 6.07) is 18.8. The predicted octanol–water partition coefficient (Wildman–Crippen LogP) is 3.03. The molecule has 2 aromatic carbocycles. The van der Waals surface area contributed by atoms with Crippen LogP contribution in [0.3, 0.4) is 0 Å². The van der Waals surface area contributed by atoms with Crippen LogP contribution >= 0.6 is 0 Å². The molecule has 0 bridgehead atoms. The second kappa shape index (κ2) is 4.72. The highest BCUT2D eigenvalue weighted by atomic mass is 32.2. The standard InChI is InChI=1S/C16H16O3S/c17-20(18,19)16(14-9-5-2-6-10-14)12-15(16)11-13-7-3-1-4-8-13/h1-10,15H,11-12H2,(H,17,18,19). The molecule has 0 heterocycles. The highest BCUT2D eigenvalue weighted by Gasteiger charge is 2.64. The van der Waals surface area contributed by atoms with E-state index in [1.807, 2.05) is 36.4 Å². The van der Waals surface area contributed by atoms with Gasteiger partial charge in [0.25, 0.3) is 10.1 Å². The molecule has 0 spiro atoms. The van der Waals surface area contributed by atoms with Crippen LogP contribution in [0, 0.1) is 5.92 Å². The molecule has 2 atom stereocenters.